The highest BCUT2D eigenvalue weighted by Crippen LogP contribution is 2.30. The second-order valence-corrected chi connectivity index (χ2v) is 6.07. The third-order valence-corrected chi connectivity index (χ3v) is 4.43. The summed E-state index contributed by atoms with van der Waals surface area (Å²) in [6.07, 6.45) is 0.306. The van der Waals surface area contributed by atoms with Crippen LogP contribution in [0.1, 0.15) is 6.92 Å². The van der Waals surface area contributed by atoms with Crippen molar-refractivity contribution in [1.82, 2.24) is 4.98 Å². The van der Waals surface area contributed by atoms with E-state index in [0.717, 1.165) is 0 Å². The number of carbonyl (C=O) groups excluding carboxylic acids is 2. The highest BCUT2D eigenvalue weighted by atomic mass is 19.1. The Labute approximate surface area is 150 Å². The van der Waals surface area contributed by atoms with E-state index in [9.17, 15) is 14.0 Å². The van der Waals surface area contributed by atoms with Crippen molar-refractivity contribution in [2.24, 2.45) is 11.7 Å². The van der Waals surface area contributed by atoms with Gasteiger partial charge in [0.25, 0.3) is 0 Å². The van der Waals surface area contributed by atoms with E-state index >= 15 is 0 Å². The molecule has 2 amide bonds. The Kier molecular flexibility index (Phi) is 4.75. The molecule has 0 bridgehead atoms. The van der Waals surface area contributed by atoms with Gasteiger partial charge in [-0.2, -0.15) is 0 Å². The number of hydrogen-bond donors (Lipinski definition) is 2. The quantitative estimate of drug-likeness (QED) is 0.855. The number of amides is 2. The number of carbonyl (C=O) groups is 2. The summed E-state index contributed by atoms with van der Waals surface area (Å²) in [4.78, 5) is 28.8. The molecule has 2 aromatic rings. The van der Waals surface area contributed by atoms with E-state index in [2.05, 4.69) is 10.3 Å². The van der Waals surface area contributed by atoms with E-state index in [1.165, 1.54) is 11.0 Å². The van der Waals surface area contributed by atoms with Gasteiger partial charge in [-0.1, -0.05) is 0 Å². The van der Waals surface area contributed by atoms with Crippen LogP contribution in [-0.4, -0.2) is 36.7 Å². The minimum atomic E-state index is -0.652. The molecular weight excluding hydrogens is 339 g/mol. The zero-order valence-corrected chi connectivity index (χ0v) is 14.4. The lowest BCUT2D eigenvalue weighted by Crippen LogP contribution is -2.34. The van der Waals surface area contributed by atoms with Crippen molar-refractivity contribution in [1.29, 1.82) is 0 Å². The number of nitrogens with two attached hydrogens (primary N) is 1. The molecule has 2 heterocycles. The third kappa shape index (κ3) is 3.30. The predicted octanol–water partition coefficient (Wildman–Crippen LogP) is 2.38. The second kappa shape index (κ2) is 6.99. The van der Waals surface area contributed by atoms with Crippen LogP contribution in [0.25, 0.3) is 11.1 Å². The standard InChI is InChI=1S/C18H19FN4O3/c1-10(17(20)24)15-9-23(18(25)26-15)12-3-4-13(14(19)8-12)11-5-6-22-16(7-11)21-2/h3-8,10,15H,9H2,1-2H3,(H2,20,24)(H,21,22). The molecule has 0 aliphatic carbocycles. The lowest BCUT2D eigenvalue weighted by atomic mass is 10.0. The van der Waals surface area contributed by atoms with E-state index in [-0.39, 0.29) is 6.54 Å². The van der Waals surface area contributed by atoms with Crippen molar-refractivity contribution in [3.63, 3.8) is 0 Å². The van der Waals surface area contributed by atoms with E-state index in [1.54, 1.807) is 44.4 Å². The molecule has 136 valence electrons. The molecule has 2 unspecified atom stereocenters. The first-order valence-corrected chi connectivity index (χ1v) is 8.12. The predicted molar refractivity (Wildman–Crippen MR) is 95.2 cm³/mol. The van der Waals surface area contributed by atoms with Crippen LogP contribution in [0.15, 0.2) is 36.5 Å². The topological polar surface area (TPSA) is 97.5 Å². The third-order valence-electron chi connectivity index (χ3n) is 4.43. The van der Waals surface area contributed by atoms with Crippen molar-refractivity contribution in [3.8, 4) is 11.1 Å². The van der Waals surface area contributed by atoms with Crippen LogP contribution in [0, 0.1) is 11.7 Å². The van der Waals surface area contributed by atoms with E-state index in [1.807, 2.05) is 0 Å². The largest absolute Gasteiger partial charge is 0.443 e. The van der Waals surface area contributed by atoms with Crippen molar-refractivity contribution < 1.29 is 18.7 Å². The van der Waals surface area contributed by atoms with Crippen molar-refractivity contribution in [3.05, 3.63) is 42.3 Å². The lowest BCUT2D eigenvalue weighted by molar-refractivity contribution is -0.123. The summed E-state index contributed by atoms with van der Waals surface area (Å²) in [6.45, 7) is 1.73. The van der Waals surface area contributed by atoms with Gasteiger partial charge in [0.1, 0.15) is 17.7 Å². The van der Waals surface area contributed by atoms with Crippen molar-refractivity contribution in [2.75, 3.05) is 23.8 Å². The summed E-state index contributed by atoms with van der Waals surface area (Å²) in [6, 6.07) is 7.93. The zero-order valence-electron chi connectivity index (χ0n) is 14.4. The molecular formula is C18H19FN4O3. The molecule has 1 fully saturated rings. The Morgan fingerprint density at radius 3 is 2.85 bits per heavy atom. The number of halogens is 1. The number of anilines is 2. The average molecular weight is 358 g/mol. The van der Waals surface area contributed by atoms with Crippen LogP contribution >= 0.6 is 0 Å². The number of rotatable bonds is 5. The van der Waals surface area contributed by atoms with Crippen LogP contribution in [0.5, 0.6) is 0 Å². The van der Waals surface area contributed by atoms with Crippen LogP contribution in [-0.2, 0) is 9.53 Å². The molecule has 3 N–H and O–H groups in total. The molecule has 3 rings (SSSR count). The fraction of sp³-hybridized carbons (Fsp3) is 0.278. The normalized spacial score (nSPS) is 17.7. The molecule has 0 radical (unpaired) electrons. The monoisotopic (exact) mass is 358 g/mol. The van der Waals surface area contributed by atoms with Crippen molar-refractivity contribution >= 4 is 23.5 Å². The fourth-order valence-electron chi connectivity index (χ4n) is 2.78. The van der Waals surface area contributed by atoms with Gasteiger partial charge in [0.05, 0.1) is 18.2 Å². The first-order valence-electron chi connectivity index (χ1n) is 8.12. The first-order chi connectivity index (χ1) is 12.4. The van der Waals surface area contributed by atoms with Gasteiger partial charge in [0.2, 0.25) is 5.91 Å². The molecule has 1 aliphatic rings. The highest BCUT2D eigenvalue weighted by Gasteiger charge is 2.37. The number of primary amides is 1. The van der Waals surface area contributed by atoms with Gasteiger partial charge in [-0.3, -0.25) is 9.69 Å². The molecule has 1 saturated heterocycles. The Bertz CT molecular complexity index is 858. The summed E-state index contributed by atoms with van der Waals surface area (Å²) < 4.78 is 19.8. The minimum absolute atomic E-state index is 0.140. The van der Waals surface area contributed by atoms with Crippen LogP contribution in [0.3, 0.4) is 0 Å². The number of nitrogens with one attached hydrogen (secondary N) is 1. The number of benzene rings is 1. The fourth-order valence-corrected chi connectivity index (χ4v) is 2.78. The SMILES string of the molecule is CNc1cc(-c2ccc(N3CC(C(C)C(N)=O)OC3=O)cc2F)ccn1. The molecule has 1 aromatic heterocycles. The van der Waals surface area contributed by atoms with Gasteiger partial charge in [-0.25, -0.2) is 14.2 Å². The summed E-state index contributed by atoms with van der Waals surface area (Å²) >= 11 is 0. The van der Waals surface area contributed by atoms with E-state index in [4.69, 9.17) is 10.5 Å². The van der Waals surface area contributed by atoms with E-state index < -0.39 is 29.8 Å². The molecule has 26 heavy (non-hydrogen) atoms. The maximum atomic E-state index is 14.6. The second-order valence-electron chi connectivity index (χ2n) is 6.07. The van der Waals surface area contributed by atoms with Gasteiger partial charge < -0.3 is 15.8 Å². The lowest BCUT2D eigenvalue weighted by Gasteiger charge is -2.16. The van der Waals surface area contributed by atoms with Gasteiger partial charge in [0.15, 0.2) is 0 Å². The number of ether oxygens (including phenoxy) is 1. The maximum Gasteiger partial charge on any atom is 0.414 e. The number of cyclic esters (lactones) is 1. The maximum absolute atomic E-state index is 14.6. The molecule has 2 atom stereocenters. The average Bonchev–Trinajstić information content (AvgIpc) is 3.02. The van der Waals surface area contributed by atoms with Gasteiger partial charge in [-0.05, 0) is 42.8 Å². The summed E-state index contributed by atoms with van der Waals surface area (Å²) in [7, 11) is 1.73. The Hall–Kier alpha value is -3.16. The highest BCUT2D eigenvalue weighted by molar-refractivity contribution is 5.91. The first kappa shape index (κ1) is 17.7. The number of hydrogen-bond acceptors (Lipinski definition) is 5. The zero-order chi connectivity index (χ0) is 18.8. The molecule has 0 spiro atoms. The molecule has 0 saturated carbocycles. The summed E-state index contributed by atoms with van der Waals surface area (Å²) in [5.41, 5.74) is 6.67. The number of aromatic nitrogens is 1. The van der Waals surface area contributed by atoms with E-state index in [0.29, 0.717) is 22.6 Å². The van der Waals surface area contributed by atoms with Gasteiger partial charge >= 0.3 is 6.09 Å². The van der Waals surface area contributed by atoms with Crippen molar-refractivity contribution in [2.45, 2.75) is 13.0 Å². The molecule has 8 heteroatoms. The molecule has 1 aromatic carbocycles. The summed E-state index contributed by atoms with van der Waals surface area (Å²) in [5.74, 6) is -1.03. The molecule has 7 nitrogen and oxygen atoms in total. The van der Waals surface area contributed by atoms with Gasteiger partial charge in [0, 0.05) is 18.8 Å². The van der Waals surface area contributed by atoms with Crippen LogP contribution in [0.2, 0.25) is 0 Å². The van der Waals surface area contributed by atoms with Gasteiger partial charge in [-0.15, -0.1) is 0 Å². The number of pyridine rings is 1. The smallest absolute Gasteiger partial charge is 0.414 e. The Morgan fingerprint density at radius 2 is 2.19 bits per heavy atom. The Balaban J connectivity index is 1.86. The number of nitrogens with zero attached hydrogens (tertiary/aromatic N) is 2. The Morgan fingerprint density at radius 1 is 1.42 bits per heavy atom. The minimum Gasteiger partial charge on any atom is -0.443 e. The summed E-state index contributed by atoms with van der Waals surface area (Å²) in [5, 5.41) is 2.90. The van der Waals surface area contributed by atoms with Crippen LogP contribution in [0.4, 0.5) is 20.7 Å². The molecule has 1 aliphatic heterocycles. The van der Waals surface area contributed by atoms with Crippen LogP contribution < -0.4 is 16.0 Å².